The van der Waals surface area contributed by atoms with Crippen molar-refractivity contribution in [2.75, 3.05) is 0 Å². The first-order chi connectivity index (χ1) is 12.0. The van der Waals surface area contributed by atoms with Crippen molar-refractivity contribution in [1.29, 1.82) is 0 Å². The van der Waals surface area contributed by atoms with Crippen LogP contribution in [0.3, 0.4) is 0 Å². The number of carbonyl (C=O) groups is 2. The first-order valence-corrected chi connectivity index (χ1v) is 9.44. The average molecular weight is 362 g/mol. The molecule has 0 aromatic carbocycles. The number of carbonyl (C=O) groups excluding carboxylic acids is 1. The number of allylic oxidation sites excluding steroid dienone is 1. The van der Waals surface area contributed by atoms with Gasteiger partial charge >= 0.3 is 11.9 Å². The predicted octanol–water partition coefficient (Wildman–Crippen LogP) is 4.08. The predicted molar refractivity (Wildman–Crippen MR) is 97.2 cm³/mol. The van der Waals surface area contributed by atoms with Crippen molar-refractivity contribution >= 4 is 11.9 Å². The van der Waals surface area contributed by atoms with Crippen molar-refractivity contribution in [3.8, 4) is 0 Å². The molecule has 1 saturated carbocycles. The summed E-state index contributed by atoms with van der Waals surface area (Å²) in [6, 6.07) is 0. The van der Waals surface area contributed by atoms with Crippen LogP contribution in [0.1, 0.15) is 60.3 Å². The molecule has 0 unspecified atom stereocenters. The van der Waals surface area contributed by atoms with Crippen LogP contribution in [-0.2, 0) is 19.1 Å². The van der Waals surface area contributed by atoms with Gasteiger partial charge in [-0.2, -0.15) is 0 Å². The van der Waals surface area contributed by atoms with Gasteiger partial charge in [-0.05, 0) is 58.3 Å². The Bertz CT molecular complexity index is 691. The second-order valence-electron chi connectivity index (χ2n) is 9.18. The monoisotopic (exact) mass is 362 g/mol. The highest BCUT2D eigenvalue weighted by atomic mass is 16.6. The zero-order valence-electron chi connectivity index (χ0n) is 16.4. The summed E-state index contributed by atoms with van der Waals surface area (Å²) in [5.41, 5.74) is -1.16. The largest absolute Gasteiger partial charge is 0.491 e. The smallest absolute Gasteiger partial charge is 0.337 e. The second-order valence-corrected chi connectivity index (χ2v) is 9.18. The molecule has 0 bridgehead atoms. The van der Waals surface area contributed by atoms with Gasteiger partial charge in [-0.3, -0.25) is 4.79 Å². The van der Waals surface area contributed by atoms with Crippen molar-refractivity contribution < 1.29 is 24.2 Å². The van der Waals surface area contributed by atoms with E-state index in [1.165, 1.54) is 0 Å². The fourth-order valence-corrected chi connectivity index (χ4v) is 5.53. The van der Waals surface area contributed by atoms with Gasteiger partial charge in [0.25, 0.3) is 0 Å². The zero-order valence-corrected chi connectivity index (χ0v) is 16.4. The number of rotatable bonds is 3. The van der Waals surface area contributed by atoms with Gasteiger partial charge < -0.3 is 14.6 Å². The Kier molecular flexibility index (Phi) is 4.28. The molecule has 2 heterocycles. The molecule has 1 aliphatic carbocycles. The third kappa shape index (κ3) is 2.58. The fourth-order valence-electron chi connectivity index (χ4n) is 5.53. The maximum Gasteiger partial charge on any atom is 0.337 e. The van der Waals surface area contributed by atoms with Crippen molar-refractivity contribution in [2.24, 2.45) is 22.7 Å². The SMILES string of the molecule is C=C[C@]1(C)[C@@H](C(C)(C)C(=O)O)CC[C@]2(C)OC3=C(C[C@H]12)C(=O)O[C@H](C)C3. The first-order valence-electron chi connectivity index (χ1n) is 9.44. The van der Waals surface area contributed by atoms with Gasteiger partial charge in [0.15, 0.2) is 0 Å². The summed E-state index contributed by atoms with van der Waals surface area (Å²) in [5, 5.41) is 9.79. The van der Waals surface area contributed by atoms with Crippen LogP contribution in [-0.4, -0.2) is 28.8 Å². The highest BCUT2D eigenvalue weighted by Gasteiger charge is 2.61. The van der Waals surface area contributed by atoms with Crippen LogP contribution >= 0.6 is 0 Å². The standard InChI is InChI=1S/C21H30O5/c1-7-20(5)15(19(3,4)18(23)24)8-9-21(6)16(20)11-13-14(26-21)10-12(2)25-17(13)22/h7,12,15-16H,1,8-11H2,2-6H3,(H,23,24)/t12-,15-,16-,20-,21+/m1/s1. The summed E-state index contributed by atoms with van der Waals surface area (Å²) >= 11 is 0. The molecule has 26 heavy (non-hydrogen) atoms. The molecular weight excluding hydrogens is 332 g/mol. The van der Waals surface area contributed by atoms with Crippen molar-refractivity contribution in [1.82, 2.24) is 0 Å². The average Bonchev–Trinajstić information content (AvgIpc) is 2.52. The third-order valence-electron chi connectivity index (χ3n) is 7.16. The van der Waals surface area contributed by atoms with Crippen LogP contribution in [0, 0.1) is 22.7 Å². The summed E-state index contributed by atoms with van der Waals surface area (Å²) in [7, 11) is 0. The number of carboxylic acids is 1. The molecule has 3 aliphatic rings. The van der Waals surface area contributed by atoms with Crippen LogP contribution in [0.25, 0.3) is 0 Å². The molecule has 2 aliphatic heterocycles. The first kappa shape index (κ1) is 19.0. The van der Waals surface area contributed by atoms with Gasteiger partial charge in [-0.1, -0.05) is 13.0 Å². The zero-order chi connectivity index (χ0) is 19.5. The van der Waals surface area contributed by atoms with Crippen molar-refractivity contribution in [3.63, 3.8) is 0 Å². The van der Waals surface area contributed by atoms with E-state index in [4.69, 9.17) is 9.47 Å². The Balaban J connectivity index is 2.05. The van der Waals surface area contributed by atoms with Gasteiger partial charge in [0.1, 0.15) is 17.5 Å². The summed E-state index contributed by atoms with van der Waals surface area (Å²) in [4.78, 5) is 24.4. The number of aliphatic carboxylic acids is 1. The minimum absolute atomic E-state index is 0.0235. The lowest BCUT2D eigenvalue weighted by Crippen LogP contribution is -2.59. The Labute approximate surface area is 155 Å². The Morgan fingerprint density at radius 1 is 1.35 bits per heavy atom. The highest BCUT2D eigenvalue weighted by Crippen LogP contribution is 2.61. The highest BCUT2D eigenvalue weighted by molar-refractivity contribution is 5.90. The van der Waals surface area contributed by atoms with Crippen molar-refractivity contribution in [2.45, 2.75) is 72.0 Å². The Morgan fingerprint density at radius 2 is 2.00 bits per heavy atom. The van der Waals surface area contributed by atoms with Crippen LogP contribution in [0.5, 0.6) is 0 Å². The van der Waals surface area contributed by atoms with E-state index in [2.05, 4.69) is 20.4 Å². The maximum absolute atomic E-state index is 12.4. The number of fused-ring (bicyclic) bond motifs is 1. The normalized spacial score (nSPS) is 40.0. The molecule has 1 fully saturated rings. The van der Waals surface area contributed by atoms with Crippen molar-refractivity contribution in [3.05, 3.63) is 24.0 Å². The van der Waals surface area contributed by atoms with Gasteiger partial charge in [-0.25, -0.2) is 4.79 Å². The lowest BCUT2D eigenvalue weighted by molar-refractivity contribution is -0.180. The van der Waals surface area contributed by atoms with Gasteiger partial charge in [0.05, 0.1) is 11.0 Å². The number of hydrogen-bond acceptors (Lipinski definition) is 4. The molecule has 0 aromatic heterocycles. The summed E-state index contributed by atoms with van der Waals surface area (Å²) in [6.45, 7) is 13.7. The lowest BCUT2D eigenvalue weighted by Gasteiger charge is -2.59. The van der Waals surface area contributed by atoms with E-state index in [0.29, 0.717) is 18.4 Å². The number of hydrogen-bond donors (Lipinski definition) is 1. The Morgan fingerprint density at radius 3 is 2.58 bits per heavy atom. The summed E-state index contributed by atoms with van der Waals surface area (Å²) in [5.74, 6) is -0.458. The van der Waals surface area contributed by atoms with Gasteiger partial charge in [0, 0.05) is 12.3 Å². The molecule has 0 aromatic rings. The lowest BCUT2D eigenvalue weighted by atomic mass is 9.48. The van der Waals surface area contributed by atoms with E-state index in [9.17, 15) is 14.7 Å². The van der Waals surface area contributed by atoms with E-state index in [1.807, 2.05) is 13.0 Å². The third-order valence-corrected chi connectivity index (χ3v) is 7.16. The second kappa shape index (κ2) is 5.86. The molecule has 0 amide bonds. The van der Waals surface area contributed by atoms with E-state index in [-0.39, 0.29) is 23.9 Å². The van der Waals surface area contributed by atoms with Gasteiger partial charge in [-0.15, -0.1) is 6.58 Å². The Hall–Kier alpha value is -1.78. The molecule has 1 N–H and O–H groups in total. The molecule has 5 atom stereocenters. The molecule has 144 valence electrons. The van der Waals surface area contributed by atoms with Crippen LogP contribution in [0.4, 0.5) is 0 Å². The minimum atomic E-state index is -0.888. The van der Waals surface area contributed by atoms with Crippen LogP contribution in [0.2, 0.25) is 0 Å². The molecule has 3 rings (SSSR count). The number of esters is 1. The molecule has 5 heteroatoms. The summed E-state index contributed by atoms with van der Waals surface area (Å²) in [6.07, 6.45) is 4.38. The quantitative estimate of drug-likeness (QED) is 0.605. The van der Waals surface area contributed by atoms with Crippen LogP contribution in [0.15, 0.2) is 24.0 Å². The van der Waals surface area contributed by atoms with Gasteiger partial charge in [0.2, 0.25) is 0 Å². The van der Waals surface area contributed by atoms with E-state index in [0.717, 1.165) is 18.6 Å². The minimum Gasteiger partial charge on any atom is -0.491 e. The number of carboxylic acid groups (broad SMARTS) is 1. The molecule has 0 spiro atoms. The molecule has 5 nitrogen and oxygen atoms in total. The summed E-state index contributed by atoms with van der Waals surface area (Å²) < 4.78 is 11.8. The van der Waals surface area contributed by atoms with E-state index >= 15 is 0 Å². The maximum atomic E-state index is 12.4. The van der Waals surface area contributed by atoms with Crippen LogP contribution < -0.4 is 0 Å². The number of ether oxygens (including phenoxy) is 2. The fraction of sp³-hybridized carbons (Fsp3) is 0.714. The van der Waals surface area contributed by atoms with E-state index in [1.54, 1.807) is 13.8 Å². The molecule has 0 radical (unpaired) electrons. The topological polar surface area (TPSA) is 72.8 Å². The molecular formula is C21H30O5. The molecule has 0 saturated heterocycles. The number of cyclic esters (lactones) is 1. The van der Waals surface area contributed by atoms with E-state index < -0.39 is 22.4 Å².